The fraction of sp³-hybridized carbons (Fsp3) is 0.0488. The number of thioether (sulfide) groups is 1. The third-order valence-corrected chi connectivity index (χ3v) is 8.90. The van der Waals surface area contributed by atoms with Crippen LogP contribution in [0.5, 0.6) is 0 Å². The van der Waals surface area contributed by atoms with Crippen LogP contribution in [0.1, 0.15) is 32.3 Å². The van der Waals surface area contributed by atoms with Crippen LogP contribution in [-0.4, -0.2) is 17.7 Å². The maximum absolute atomic E-state index is 13.9. The Labute approximate surface area is 283 Å². The van der Waals surface area contributed by atoms with Crippen molar-refractivity contribution in [2.75, 3.05) is 10.6 Å². The lowest BCUT2D eigenvalue weighted by Gasteiger charge is -2.18. The highest BCUT2D eigenvalue weighted by Crippen LogP contribution is 2.38. The Hall–Kier alpha value is -5.92. The van der Waals surface area contributed by atoms with Gasteiger partial charge in [0.15, 0.2) is 0 Å². The molecule has 0 spiro atoms. The Bertz CT molecular complexity index is 2090. The monoisotopic (exact) mass is 647 g/mol. The van der Waals surface area contributed by atoms with Crippen molar-refractivity contribution < 1.29 is 14.4 Å². The quantitative estimate of drug-likeness (QED) is 0.102. The van der Waals surface area contributed by atoms with E-state index in [9.17, 15) is 14.4 Å². The SMILES string of the molecule is Cc1ccc(/C=C(/NC(=O)c2ccccc2)C(=O)Nc2cccc(SC(C(=O)Nc3cccc4ccccc34)c3ccccc3)c2)cc1. The second kappa shape index (κ2) is 15.1. The lowest BCUT2D eigenvalue weighted by Crippen LogP contribution is -2.30. The van der Waals surface area contributed by atoms with Crippen molar-refractivity contribution in [3.8, 4) is 0 Å². The van der Waals surface area contributed by atoms with Crippen molar-refractivity contribution in [2.45, 2.75) is 17.1 Å². The minimum absolute atomic E-state index is 0.0994. The van der Waals surface area contributed by atoms with E-state index in [0.29, 0.717) is 11.3 Å². The van der Waals surface area contributed by atoms with Crippen LogP contribution in [0.4, 0.5) is 11.4 Å². The Morgan fingerprint density at radius 2 is 1.33 bits per heavy atom. The minimum atomic E-state index is -0.571. The lowest BCUT2D eigenvalue weighted by molar-refractivity contribution is -0.116. The number of amides is 3. The highest BCUT2D eigenvalue weighted by atomic mass is 32.2. The fourth-order valence-electron chi connectivity index (χ4n) is 5.19. The van der Waals surface area contributed by atoms with E-state index in [0.717, 1.165) is 38.0 Å². The second-order valence-electron chi connectivity index (χ2n) is 11.2. The average molecular weight is 648 g/mol. The van der Waals surface area contributed by atoms with Gasteiger partial charge in [0, 0.05) is 27.2 Å². The summed E-state index contributed by atoms with van der Waals surface area (Å²) < 4.78 is 0. The third kappa shape index (κ3) is 8.07. The van der Waals surface area contributed by atoms with Crippen LogP contribution in [0.3, 0.4) is 0 Å². The Morgan fingerprint density at radius 1 is 0.667 bits per heavy atom. The molecule has 6 aromatic rings. The number of rotatable bonds is 10. The Kier molecular flexibility index (Phi) is 10.1. The van der Waals surface area contributed by atoms with E-state index in [-0.39, 0.29) is 11.6 Å². The average Bonchev–Trinajstić information content (AvgIpc) is 3.12. The maximum Gasteiger partial charge on any atom is 0.272 e. The first-order valence-corrected chi connectivity index (χ1v) is 16.4. The molecule has 0 saturated carbocycles. The molecule has 0 aliphatic carbocycles. The summed E-state index contributed by atoms with van der Waals surface area (Å²) in [5.74, 6) is -1.03. The van der Waals surface area contributed by atoms with Crippen LogP contribution >= 0.6 is 11.8 Å². The van der Waals surface area contributed by atoms with Crippen molar-refractivity contribution in [1.82, 2.24) is 5.32 Å². The van der Waals surface area contributed by atoms with Crippen LogP contribution in [0.2, 0.25) is 0 Å². The number of hydrogen-bond acceptors (Lipinski definition) is 4. The van der Waals surface area contributed by atoms with E-state index in [1.54, 1.807) is 36.4 Å². The summed E-state index contributed by atoms with van der Waals surface area (Å²) in [6.07, 6.45) is 1.65. The largest absolute Gasteiger partial charge is 0.324 e. The number of fused-ring (bicyclic) bond motifs is 1. The molecule has 6 rings (SSSR count). The number of benzene rings is 6. The fourth-order valence-corrected chi connectivity index (χ4v) is 6.27. The summed E-state index contributed by atoms with van der Waals surface area (Å²) in [5.41, 5.74) is 4.50. The number of anilines is 2. The van der Waals surface area contributed by atoms with Gasteiger partial charge < -0.3 is 16.0 Å². The van der Waals surface area contributed by atoms with E-state index in [1.165, 1.54) is 11.8 Å². The van der Waals surface area contributed by atoms with Gasteiger partial charge in [-0.2, -0.15) is 0 Å². The predicted molar refractivity (Wildman–Crippen MR) is 196 cm³/mol. The van der Waals surface area contributed by atoms with Gasteiger partial charge in [0.25, 0.3) is 11.8 Å². The van der Waals surface area contributed by atoms with Crippen LogP contribution in [0, 0.1) is 6.92 Å². The molecule has 1 atom stereocenters. The third-order valence-electron chi connectivity index (χ3n) is 7.65. The Morgan fingerprint density at radius 3 is 2.10 bits per heavy atom. The van der Waals surface area contributed by atoms with Gasteiger partial charge >= 0.3 is 0 Å². The standard InChI is InChI=1S/C41H33N3O3S/c1-28-22-24-29(25-23-28)26-37(44-39(45)32-15-6-3-7-16-32)40(46)42-33-18-11-19-34(27-33)48-38(31-13-4-2-5-14-31)41(47)43-36-21-10-17-30-12-8-9-20-35(30)36/h2-27,38H,1H3,(H,42,46)(H,43,47)(H,44,45)/b37-26+. The molecular formula is C41H33N3O3S. The van der Waals surface area contributed by atoms with Gasteiger partial charge in [0.05, 0.1) is 0 Å². The molecular weight excluding hydrogens is 615 g/mol. The van der Waals surface area contributed by atoms with Crippen molar-refractivity contribution in [3.63, 3.8) is 0 Å². The number of hydrogen-bond donors (Lipinski definition) is 3. The zero-order valence-corrected chi connectivity index (χ0v) is 27.0. The molecule has 0 aliphatic heterocycles. The molecule has 7 heteroatoms. The van der Waals surface area contributed by atoms with E-state index in [2.05, 4.69) is 16.0 Å². The van der Waals surface area contributed by atoms with Crippen molar-refractivity contribution in [3.05, 3.63) is 180 Å². The summed E-state index contributed by atoms with van der Waals surface area (Å²) in [7, 11) is 0. The minimum Gasteiger partial charge on any atom is -0.324 e. The van der Waals surface area contributed by atoms with Gasteiger partial charge in [0.2, 0.25) is 5.91 Å². The molecule has 1 unspecified atom stereocenters. The van der Waals surface area contributed by atoms with E-state index < -0.39 is 17.1 Å². The zero-order valence-electron chi connectivity index (χ0n) is 26.2. The maximum atomic E-state index is 13.9. The van der Waals surface area contributed by atoms with Crippen molar-refractivity contribution in [1.29, 1.82) is 0 Å². The first-order chi connectivity index (χ1) is 23.4. The topological polar surface area (TPSA) is 87.3 Å². The zero-order chi connectivity index (χ0) is 33.3. The molecule has 6 aromatic carbocycles. The van der Waals surface area contributed by atoms with Crippen LogP contribution in [0.25, 0.3) is 16.8 Å². The van der Waals surface area contributed by atoms with Crippen LogP contribution in [0.15, 0.2) is 162 Å². The molecule has 0 bridgehead atoms. The highest BCUT2D eigenvalue weighted by Gasteiger charge is 2.23. The number of nitrogens with one attached hydrogen (secondary N) is 3. The molecule has 48 heavy (non-hydrogen) atoms. The van der Waals surface area contributed by atoms with Gasteiger partial charge in [-0.25, -0.2) is 0 Å². The van der Waals surface area contributed by atoms with E-state index in [1.807, 2.05) is 128 Å². The summed E-state index contributed by atoms with van der Waals surface area (Å²) in [5, 5.41) is 10.3. The molecule has 3 N–H and O–H groups in total. The summed E-state index contributed by atoms with van der Waals surface area (Å²) in [4.78, 5) is 41.4. The second-order valence-corrected chi connectivity index (χ2v) is 12.4. The summed E-state index contributed by atoms with van der Waals surface area (Å²) >= 11 is 1.39. The molecule has 236 valence electrons. The van der Waals surface area contributed by atoms with Gasteiger partial charge in [-0.1, -0.05) is 121 Å². The highest BCUT2D eigenvalue weighted by molar-refractivity contribution is 8.00. The number of carbonyl (C=O) groups excluding carboxylic acids is 3. The molecule has 0 radical (unpaired) electrons. The smallest absolute Gasteiger partial charge is 0.272 e. The summed E-state index contributed by atoms with van der Waals surface area (Å²) in [6, 6.07) is 47.2. The van der Waals surface area contributed by atoms with Crippen molar-refractivity contribution >= 4 is 57.7 Å². The first kappa shape index (κ1) is 32.0. The normalized spacial score (nSPS) is 11.8. The molecule has 0 aliphatic rings. The van der Waals surface area contributed by atoms with Crippen LogP contribution < -0.4 is 16.0 Å². The molecule has 0 heterocycles. The summed E-state index contributed by atoms with van der Waals surface area (Å²) in [6.45, 7) is 1.99. The van der Waals surface area contributed by atoms with E-state index in [4.69, 9.17) is 0 Å². The molecule has 0 fully saturated rings. The Balaban J connectivity index is 1.24. The molecule has 3 amide bonds. The number of aryl methyl sites for hydroxylation is 1. The first-order valence-electron chi connectivity index (χ1n) is 15.5. The lowest BCUT2D eigenvalue weighted by atomic mass is 10.1. The van der Waals surface area contributed by atoms with Gasteiger partial charge in [-0.15, -0.1) is 11.8 Å². The molecule has 0 aromatic heterocycles. The molecule has 6 nitrogen and oxygen atoms in total. The van der Waals surface area contributed by atoms with Crippen LogP contribution in [-0.2, 0) is 9.59 Å². The van der Waals surface area contributed by atoms with Gasteiger partial charge in [-0.3, -0.25) is 14.4 Å². The molecule has 0 saturated heterocycles. The van der Waals surface area contributed by atoms with Gasteiger partial charge in [0.1, 0.15) is 10.9 Å². The number of carbonyl (C=O) groups is 3. The van der Waals surface area contributed by atoms with Crippen molar-refractivity contribution in [2.24, 2.45) is 0 Å². The predicted octanol–water partition coefficient (Wildman–Crippen LogP) is 9.03. The van der Waals surface area contributed by atoms with Gasteiger partial charge in [-0.05, 0) is 65.9 Å². The van der Waals surface area contributed by atoms with E-state index >= 15 is 0 Å².